The predicted octanol–water partition coefficient (Wildman–Crippen LogP) is 2.08. The summed E-state index contributed by atoms with van der Waals surface area (Å²) in [4.78, 5) is 25.3. The van der Waals surface area contributed by atoms with E-state index in [1.54, 1.807) is 11.7 Å². The van der Waals surface area contributed by atoms with Gasteiger partial charge in [0.2, 0.25) is 0 Å². The zero-order valence-electron chi connectivity index (χ0n) is 14.0. The van der Waals surface area contributed by atoms with Gasteiger partial charge in [0.05, 0.1) is 24.4 Å². The highest BCUT2D eigenvalue weighted by Crippen LogP contribution is 2.18. The lowest BCUT2D eigenvalue weighted by atomic mass is 10.1. The van der Waals surface area contributed by atoms with Crippen LogP contribution in [0.2, 0.25) is 0 Å². The van der Waals surface area contributed by atoms with E-state index in [1.807, 2.05) is 36.2 Å². The largest absolute Gasteiger partial charge is 0.375 e. The topological polar surface area (TPSA) is 58.6 Å². The molecule has 1 saturated heterocycles. The quantitative estimate of drug-likeness (QED) is 0.830. The fourth-order valence-corrected chi connectivity index (χ4v) is 3.33. The van der Waals surface area contributed by atoms with Gasteiger partial charge in [0, 0.05) is 33.4 Å². The second-order valence-electron chi connectivity index (χ2n) is 6.07. The van der Waals surface area contributed by atoms with Crippen LogP contribution < -0.4 is 4.90 Å². The zero-order chi connectivity index (χ0) is 16.9. The SMILES string of the molecule is CN(C)c1cc(CC[C@@H]2CN(C(=O)c3cncs3)CCO2)ccn1. The van der Waals surface area contributed by atoms with Crippen molar-refractivity contribution in [1.29, 1.82) is 0 Å². The van der Waals surface area contributed by atoms with Crippen LogP contribution in [0.25, 0.3) is 0 Å². The van der Waals surface area contributed by atoms with Crippen molar-refractivity contribution >= 4 is 23.1 Å². The highest BCUT2D eigenvalue weighted by atomic mass is 32.1. The molecule has 1 aliphatic heterocycles. The maximum Gasteiger partial charge on any atom is 0.265 e. The molecule has 0 N–H and O–H groups in total. The zero-order valence-corrected chi connectivity index (χ0v) is 14.8. The lowest BCUT2D eigenvalue weighted by Gasteiger charge is -2.32. The Labute approximate surface area is 146 Å². The van der Waals surface area contributed by atoms with Gasteiger partial charge in [0.25, 0.3) is 5.91 Å². The summed E-state index contributed by atoms with van der Waals surface area (Å²) in [6.45, 7) is 1.88. The molecule has 0 aromatic carbocycles. The molecular weight excluding hydrogens is 324 g/mol. The number of morpholine rings is 1. The van der Waals surface area contributed by atoms with E-state index in [0.717, 1.165) is 18.7 Å². The molecule has 0 spiro atoms. The molecule has 0 radical (unpaired) electrons. The molecule has 2 aromatic rings. The summed E-state index contributed by atoms with van der Waals surface area (Å²) in [5, 5.41) is 0. The highest BCUT2D eigenvalue weighted by molar-refractivity contribution is 7.11. The van der Waals surface area contributed by atoms with Gasteiger partial charge in [0.15, 0.2) is 0 Å². The maximum absolute atomic E-state index is 12.4. The van der Waals surface area contributed by atoms with Crippen molar-refractivity contribution in [2.24, 2.45) is 0 Å². The molecule has 1 aliphatic rings. The first-order valence-corrected chi connectivity index (χ1v) is 8.93. The van der Waals surface area contributed by atoms with Crippen LogP contribution in [-0.2, 0) is 11.2 Å². The number of nitrogens with zero attached hydrogens (tertiary/aromatic N) is 4. The molecule has 0 aliphatic carbocycles. The fraction of sp³-hybridized carbons (Fsp3) is 0.471. The molecule has 7 heteroatoms. The van der Waals surface area contributed by atoms with E-state index in [2.05, 4.69) is 16.0 Å². The van der Waals surface area contributed by atoms with Crippen LogP contribution in [0.15, 0.2) is 30.0 Å². The van der Waals surface area contributed by atoms with Crippen LogP contribution in [0.5, 0.6) is 0 Å². The number of aryl methyl sites for hydroxylation is 1. The van der Waals surface area contributed by atoms with Gasteiger partial charge in [-0.25, -0.2) is 4.98 Å². The molecule has 3 rings (SSSR count). The summed E-state index contributed by atoms with van der Waals surface area (Å²) in [5.41, 5.74) is 2.93. The van der Waals surface area contributed by atoms with Gasteiger partial charge in [-0.2, -0.15) is 0 Å². The number of carbonyl (C=O) groups is 1. The van der Waals surface area contributed by atoms with E-state index in [9.17, 15) is 4.79 Å². The molecule has 1 atom stereocenters. The van der Waals surface area contributed by atoms with E-state index in [0.29, 0.717) is 24.6 Å². The maximum atomic E-state index is 12.4. The van der Waals surface area contributed by atoms with E-state index < -0.39 is 0 Å². The summed E-state index contributed by atoms with van der Waals surface area (Å²) < 4.78 is 5.84. The Balaban J connectivity index is 1.56. The molecule has 1 amide bonds. The third-order valence-electron chi connectivity index (χ3n) is 4.09. The standard InChI is InChI=1S/C17H22N4O2S/c1-20(2)16-9-13(5-6-19-16)3-4-14-11-21(7-8-23-14)17(22)15-10-18-12-24-15/h5-6,9-10,12,14H,3-4,7-8,11H2,1-2H3/t14-/m1/s1. The summed E-state index contributed by atoms with van der Waals surface area (Å²) in [5.74, 6) is 1.02. The Kier molecular flexibility index (Phi) is 5.42. The summed E-state index contributed by atoms with van der Waals surface area (Å²) in [6.07, 6.45) is 5.36. The van der Waals surface area contributed by atoms with Crippen molar-refractivity contribution in [3.63, 3.8) is 0 Å². The molecular formula is C17H22N4O2S. The third kappa shape index (κ3) is 4.10. The van der Waals surface area contributed by atoms with Crippen molar-refractivity contribution in [1.82, 2.24) is 14.9 Å². The van der Waals surface area contributed by atoms with Crippen LogP contribution in [0.4, 0.5) is 5.82 Å². The summed E-state index contributed by atoms with van der Waals surface area (Å²) >= 11 is 1.39. The van der Waals surface area contributed by atoms with Crippen LogP contribution >= 0.6 is 11.3 Å². The Bertz CT molecular complexity index is 675. The number of aromatic nitrogens is 2. The first-order chi connectivity index (χ1) is 11.6. The van der Waals surface area contributed by atoms with E-state index in [-0.39, 0.29) is 12.0 Å². The Morgan fingerprint density at radius 1 is 1.50 bits per heavy atom. The molecule has 3 heterocycles. The molecule has 6 nitrogen and oxygen atoms in total. The number of amides is 1. The molecule has 0 bridgehead atoms. The molecule has 0 unspecified atom stereocenters. The minimum Gasteiger partial charge on any atom is -0.375 e. The lowest BCUT2D eigenvalue weighted by Crippen LogP contribution is -2.45. The van der Waals surface area contributed by atoms with Crippen molar-refractivity contribution in [3.8, 4) is 0 Å². The van der Waals surface area contributed by atoms with Gasteiger partial charge >= 0.3 is 0 Å². The highest BCUT2D eigenvalue weighted by Gasteiger charge is 2.25. The normalized spacial score (nSPS) is 17.8. The summed E-state index contributed by atoms with van der Waals surface area (Å²) in [7, 11) is 3.97. The van der Waals surface area contributed by atoms with Crippen LogP contribution in [-0.4, -0.2) is 60.7 Å². The second kappa shape index (κ2) is 7.72. The van der Waals surface area contributed by atoms with Crippen LogP contribution in [0.1, 0.15) is 21.7 Å². The average Bonchev–Trinajstić information content (AvgIpc) is 3.14. The van der Waals surface area contributed by atoms with Gasteiger partial charge in [0.1, 0.15) is 10.7 Å². The lowest BCUT2D eigenvalue weighted by molar-refractivity contribution is -0.0244. The number of pyridine rings is 1. The number of hydrogen-bond donors (Lipinski definition) is 0. The van der Waals surface area contributed by atoms with Gasteiger partial charge in [-0.1, -0.05) is 0 Å². The van der Waals surface area contributed by atoms with Crippen LogP contribution in [0, 0.1) is 0 Å². The first-order valence-electron chi connectivity index (χ1n) is 8.05. The fourth-order valence-electron chi connectivity index (χ4n) is 2.74. The smallest absolute Gasteiger partial charge is 0.265 e. The minimum absolute atomic E-state index is 0.0598. The van der Waals surface area contributed by atoms with Crippen molar-refractivity contribution in [2.45, 2.75) is 18.9 Å². The Hall–Kier alpha value is -1.99. The Morgan fingerprint density at radius 2 is 2.38 bits per heavy atom. The van der Waals surface area contributed by atoms with Gasteiger partial charge < -0.3 is 14.5 Å². The van der Waals surface area contributed by atoms with E-state index in [4.69, 9.17) is 4.74 Å². The molecule has 1 fully saturated rings. The predicted molar refractivity (Wildman–Crippen MR) is 94.6 cm³/mol. The van der Waals surface area contributed by atoms with Crippen molar-refractivity contribution in [3.05, 3.63) is 40.5 Å². The molecule has 24 heavy (non-hydrogen) atoms. The average molecular weight is 346 g/mol. The van der Waals surface area contributed by atoms with Gasteiger partial charge in [-0.3, -0.25) is 9.78 Å². The number of hydrogen-bond acceptors (Lipinski definition) is 6. The summed E-state index contributed by atoms with van der Waals surface area (Å²) in [6, 6.07) is 4.14. The van der Waals surface area contributed by atoms with E-state index in [1.165, 1.54) is 16.9 Å². The van der Waals surface area contributed by atoms with Gasteiger partial charge in [-0.05, 0) is 30.5 Å². The number of rotatable bonds is 5. The van der Waals surface area contributed by atoms with Gasteiger partial charge in [-0.15, -0.1) is 11.3 Å². The molecule has 0 saturated carbocycles. The van der Waals surface area contributed by atoms with Crippen molar-refractivity contribution < 1.29 is 9.53 Å². The van der Waals surface area contributed by atoms with Crippen molar-refractivity contribution in [2.75, 3.05) is 38.7 Å². The molecule has 2 aromatic heterocycles. The minimum atomic E-state index is 0.0598. The second-order valence-corrected chi connectivity index (χ2v) is 6.95. The van der Waals surface area contributed by atoms with E-state index >= 15 is 0 Å². The number of thiazole rings is 1. The monoisotopic (exact) mass is 346 g/mol. The number of anilines is 1. The first kappa shape index (κ1) is 16.9. The number of ether oxygens (including phenoxy) is 1. The Morgan fingerprint density at radius 3 is 3.12 bits per heavy atom. The van der Waals surface area contributed by atoms with Crippen LogP contribution in [0.3, 0.4) is 0 Å². The molecule has 128 valence electrons. The number of carbonyl (C=O) groups excluding carboxylic acids is 1. The third-order valence-corrected chi connectivity index (χ3v) is 4.85.